The van der Waals surface area contributed by atoms with Crippen molar-refractivity contribution < 1.29 is 14.3 Å². The van der Waals surface area contributed by atoms with E-state index in [4.69, 9.17) is 5.11 Å². The summed E-state index contributed by atoms with van der Waals surface area (Å²) in [5.41, 5.74) is 1.53. The Kier molecular flexibility index (Phi) is 7.50. The van der Waals surface area contributed by atoms with Crippen LogP contribution in [-0.4, -0.2) is 39.3 Å². The lowest BCUT2D eigenvalue weighted by Gasteiger charge is -2.10. The minimum atomic E-state index is -0.594. The minimum Gasteiger partial charge on any atom is -0.395 e. The Morgan fingerprint density at radius 2 is 1.92 bits per heavy atom. The monoisotopic (exact) mass is 530 g/mol. The number of rotatable bonds is 9. The van der Waals surface area contributed by atoms with Crippen molar-refractivity contribution in [2.45, 2.75) is 6.54 Å². The highest BCUT2D eigenvalue weighted by atomic mass is 32.1. The predicted molar refractivity (Wildman–Crippen MR) is 146 cm³/mol. The zero-order valence-corrected chi connectivity index (χ0v) is 20.8. The van der Waals surface area contributed by atoms with Gasteiger partial charge in [0.05, 0.1) is 22.9 Å². The lowest BCUT2D eigenvalue weighted by atomic mass is 10.1. The van der Waals surface area contributed by atoms with Crippen LogP contribution < -0.4 is 21.5 Å². The molecule has 3 heterocycles. The van der Waals surface area contributed by atoms with Crippen molar-refractivity contribution in [3.05, 3.63) is 99.5 Å². The van der Waals surface area contributed by atoms with Crippen LogP contribution in [0.1, 0.15) is 15.2 Å². The van der Waals surface area contributed by atoms with Gasteiger partial charge >= 0.3 is 0 Å². The molecule has 5 aromatic rings. The third-order valence-electron chi connectivity index (χ3n) is 5.67. The number of nitrogens with one attached hydrogen (secondary N) is 4. The second kappa shape index (κ2) is 11.3. The van der Waals surface area contributed by atoms with E-state index < -0.39 is 17.3 Å². The summed E-state index contributed by atoms with van der Waals surface area (Å²) in [7, 11) is 0. The first kappa shape index (κ1) is 25.2. The third-order valence-corrected chi connectivity index (χ3v) is 6.78. The van der Waals surface area contributed by atoms with Crippen LogP contribution in [0.25, 0.3) is 21.3 Å². The van der Waals surface area contributed by atoms with E-state index in [-0.39, 0.29) is 18.0 Å². The van der Waals surface area contributed by atoms with Crippen molar-refractivity contribution in [1.82, 2.24) is 20.5 Å². The van der Waals surface area contributed by atoms with Gasteiger partial charge in [-0.15, -0.1) is 11.3 Å². The van der Waals surface area contributed by atoms with Gasteiger partial charge in [0.25, 0.3) is 11.5 Å². The maximum Gasteiger partial charge on any atom is 0.287 e. The zero-order chi connectivity index (χ0) is 26.5. The first-order valence-electron chi connectivity index (χ1n) is 11.7. The normalized spacial score (nSPS) is 11.0. The van der Waals surface area contributed by atoms with Crippen molar-refractivity contribution >= 4 is 44.5 Å². The fourth-order valence-corrected chi connectivity index (χ4v) is 4.72. The number of benzene rings is 2. The fourth-order valence-electron chi connectivity index (χ4n) is 3.76. The number of pyridine rings is 1. The third kappa shape index (κ3) is 5.75. The van der Waals surface area contributed by atoms with Crippen LogP contribution in [0, 0.1) is 5.82 Å². The number of hydrogen-bond donors (Lipinski definition) is 5. The summed E-state index contributed by atoms with van der Waals surface area (Å²) >= 11 is 1.33. The van der Waals surface area contributed by atoms with Crippen LogP contribution in [0.5, 0.6) is 0 Å². The molecule has 5 rings (SSSR count). The summed E-state index contributed by atoms with van der Waals surface area (Å²) in [5.74, 6) is -0.558. The highest BCUT2D eigenvalue weighted by Crippen LogP contribution is 2.28. The van der Waals surface area contributed by atoms with Gasteiger partial charge in [-0.3, -0.25) is 9.59 Å². The van der Waals surface area contributed by atoms with E-state index in [1.54, 1.807) is 18.3 Å². The molecule has 1 amide bonds. The van der Waals surface area contributed by atoms with Gasteiger partial charge in [-0.05, 0) is 53.4 Å². The number of halogens is 1. The summed E-state index contributed by atoms with van der Waals surface area (Å²) < 4.78 is 15.6. The van der Waals surface area contributed by atoms with E-state index in [1.807, 2.05) is 30.3 Å². The Morgan fingerprint density at radius 3 is 2.71 bits per heavy atom. The van der Waals surface area contributed by atoms with Gasteiger partial charge < -0.3 is 21.1 Å². The topological polar surface area (TPSA) is 132 Å². The number of carbonyl (C=O) groups is 1. The Balaban J connectivity index is 1.34. The first-order valence-corrected chi connectivity index (χ1v) is 12.5. The molecule has 0 atom stereocenters. The number of aliphatic hydroxyl groups excluding tert-OH is 1. The second-order valence-corrected chi connectivity index (χ2v) is 9.45. The molecule has 0 spiro atoms. The molecule has 9 nitrogen and oxygen atoms in total. The molecule has 0 radical (unpaired) electrons. The molecular weight excluding hydrogens is 507 g/mol. The molecule has 0 fully saturated rings. The van der Waals surface area contributed by atoms with Crippen LogP contribution in [0.4, 0.5) is 21.6 Å². The van der Waals surface area contributed by atoms with Gasteiger partial charge in [-0.25, -0.2) is 14.5 Å². The lowest BCUT2D eigenvalue weighted by Crippen LogP contribution is -2.17. The van der Waals surface area contributed by atoms with Crippen LogP contribution in [0.15, 0.2) is 77.7 Å². The Hall–Kier alpha value is -4.45. The van der Waals surface area contributed by atoms with Crippen LogP contribution in [0.2, 0.25) is 0 Å². The number of hydrogen-bond acceptors (Lipinski definition) is 8. The molecule has 0 unspecified atom stereocenters. The van der Waals surface area contributed by atoms with E-state index in [1.165, 1.54) is 35.6 Å². The first-order chi connectivity index (χ1) is 18.5. The van der Waals surface area contributed by atoms with Gasteiger partial charge in [-0.2, -0.15) is 5.10 Å². The number of aromatic amines is 1. The van der Waals surface area contributed by atoms with Crippen molar-refractivity contribution in [1.29, 1.82) is 0 Å². The number of nitrogens with zero attached hydrogens (tertiary/aromatic N) is 2. The number of H-pyrrole nitrogens is 1. The molecule has 38 heavy (non-hydrogen) atoms. The molecule has 0 aliphatic carbocycles. The van der Waals surface area contributed by atoms with E-state index >= 15 is 0 Å². The molecule has 192 valence electrons. The molecule has 0 aliphatic heterocycles. The summed E-state index contributed by atoms with van der Waals surface area (Å²) in [6.07, 6.45) is 1.66. The Bertz CT molecular complexity index is 1620. The van der Waals surface area contributed by atoms with Gasteiger partial charge in [0.2, 0.25) is 0 Å². The molecule has 5 N–H and O–H groups in total. The molecular formula is C27H23FN6O3S. The number of aromatic nitrogens is 3. The van der Waals surface area contributed by atoms with E-state index in [9.17, 15) is 14.0 Å². The maximum atomic E-state index is 14.6. The number of fused-ring (bicyclic) bond motifs is 1. The highest BCUT2D eigenvalue weighted by Gasteiger charge is 2.15. The average molecular weight is 531 g/mol. The summed E-state index contributed by atoms with van der Waals surface area (Å²) in [4.78, 5) is 30.0. The largest absolute Gasteiger partial charge is 0.395 e. The van der Waals surface area contributed by atoms with E-state index in [0.717, 1.165) is 15.6 Å². The van der Waals surface area contributed by atoms with Gasteiger partial charge in [0.15, 0.2) is 0 Å². The fraction of sp³-hybridized carbons (Fsp3) is 0.111. The predicted octanol–water partition coefficient (Wildman–Crippen LogP) is 4.26. The zero-order valence-electron chi connectivity index (χ0n) is 20.0. The number of aliphatic hydroxyl groups is 1. The molecule has 0 saturated heterocycles. The number of thiophene rings is 1. The summed E-state index contributed by atoms with van der Waals surface area (Å²) in [6, 6.07) is 18.7. The molecule has 0 saturated carbocycles. The highest BCUT2D eigenvalue weighted by molar-refractivity contribution is 7.20. The quantitative estimate of drug-likeness (QED) is 0.180. The average Bonchev–Trinajstić information content (AvgIpc) is 3.37. The van der Waals surface area contributed by atoms with Crippen LogP contribution in [0.3, 0.4) is 0 Å². The summed E-state index contributed by atoms with van der Waals surface area (Å²) in [6.45, 7) is 1.09. The molecule has 0 aliphatic rings. The van der Waals surface area contributed by atoms with Crippen molar-refractivity contribution in [3.8, 4) is 11.3 Å². The molecule has 11 heteroatoms. The van der Waals surface area contributed by atoms with Gasteiger partial charge in [0.1, 0.15) is 17.3 Å². The summed E-state index contributed by atoms with van der Waals surface area (Å²) in [5, 5.41) is 25.0. The van der Waals surface area contributed by atoms with E-state index in [2.05, 4.69) is 31.1 Å². The number of anilines is 3. The van der Waals surface area contributed by atoms with Gasteiger partial charge in [-0.1, -0.05) is 24.3 Å². The van der Waals surface area contributed by atoms with Gasteiger partial charge in [0, 0.05) is 29.5 Å². The standard InChI is InChI=1S/C27H23FN6O3S/c28-19-7-6-17(11-21(19)32-27(37)24-12-18-3-1-2-4-23(18)38-24)20-13-22(26(36)34-33-20)31-25-8-5-16(15-30-25)14-29-9-10-35/h1-8,11-13,15,29,35H,9-10,14H2,(H,32,37)(H,34,36)(H,30,31,33). The number of amides is 1. The van der Waals surface area contributed by atoms with Crippen molar-refractivity contribution in [2.75, 3.05) is 23.8 Å². The minimum absolute atomic E-state index is 0.000437. The SMILES string of the molecule is O=C(Nc1cc(-c2cc(Nc3ccc(CNCCO)cn3)c(=O)[nH]n2)ccc1F)c1cc2ccccc2s1. The Labute approximate surface area is 220 Å². The van der Waals surface area contributed by atoms with Crippen LogP contribution in [-0.2, 0) is 6.54 Å². The molecule has 2 aromatic carbocycles. The second-order valence-electron chi connectivity index (χ2n) is 8.37. The molecule has 0 bridgehead atoms. The van der Waals surface area contributed by atoms with E-state index in [0.29, 0.717) is 35.0 Å². The van der Waals surface area contributed by atoms with Crippen molar-refractivity contribution in [2.24, 2.45) is 0 Å². The number of carbonyl (C=O) groups excluding carboxylic acids is 1. The smallest absolute Gasteiger partial charge is 0.287 e. The maximum absolute atomic E-state index is 14.6. The Morgan fingerprint density at radius 1 is 1.05 bits per heavy atom. The van der Waals surface area contributed by atoms with Crippen molar-refractivity contribution in [3.63, 3.8) is 0 Å². The van der Waals surface area contributed by atoms with Crippen LogP contribution >= 0.6 is 11.3 Å². The lowest BCUT2D eigenvalue weighted by molar-refractivity contribution is 0.103. The molecule has 3 aromatic heterocycles.